The average Bonchev–Trinajstić information content (AvgIpc) is 3.69. The van der Waals surface area contributed by atoms with Crippen molar-refractivity contribution in [3.05, 3.63) is 72.2 Å². The number of alkyl halides is 3. The molecule has 0 saturated heterocycles. The number of benzene rings is 1. The zero-order chi connectivity index (χ0) is 30.8. The van der Waals surface area contributed by atoms with Crippen LogP contribution < -0.4 is 10.6 Å². The summed E-state index contributed by atoms with van der Waals surface area (Å²) in [7, 11) is 0. The summed E-state index contributed by atoms with van der Waals surface area (Å²) in [5.41, 5.74) is 1.54. The van der Waals surface area contributed by atoms with Crippen LogP contribution in [0.15, 0.2) is 65.3 Å². The van der Waals surface area contributed by atoms with Crippen molar-refractivity contribution < 1.29 is 22.8 Å². The normalized spacial score (nSPS) is 15.8. The summed E-state index contributed by atoms with van der Waals surface area (Å²) in [6, 6.07) is 8.62. The van der Waals surface area contributed by atoms with E-state index < -0.39 is 12.7 Å². The van der Waals surface area contributed by atoms with Crippen molar-refractivity contribution in [2.45, 2.75) is 64.5 Å². The second-order valence-electron chi connectivity index (χ2n) is 11.5. The summed E-state index contributed by atoms with van der Waals surface area (Å²) in [5, 5.41) is 10.8. The third-order valence-electron chi connectivity index (χ3n) is 7.33. The molecule has 0 aliphatic carbocycles. The van der Waals surface area contributed by atoms with Crippen molar-refractivity contribution in [2.75, 3.05) is 18.5 Å². The fourth-order valence-corrected chi connectivity index (χ4v) is 5.16. The maximum atomic E-state index is 13.7. The summed E-state index contributed by atoms with van der Waals surface area (Å²) < 4.78 is 46.3. The van der Waals surface area contributed by atoms with Crippen molar-refractivity contribution in [1.29, 1.82) is 0 Å². The van der Waals surface area contributed by atoms with Crippen LogP contribution in [0.4, 0.5) is 18.9 Å². The number of amidine groups is 1. The highest BCUT2D eigenvalue weighted by molar-refractivity contribution is 6.06. The zero-order valence-electron chi connectivity index (χ0n) is 24.4. The maximum absolute atomic E-state index is 13.7. The molecule has 10 nitrogen and oxygen atoms in total. The average molecular weight is 597 g/mol. The number of fused-ring (bicyclic) bond motifs is 2. The molecule has 4 aromatic rings. The van der Waals surface area contributed by atoms with E-state index in [2.05, 4.69) is 37.1 Å². The summed E-state index contributed by atoms with van der Waals surface area (Å²) >= 11 is 0. The molecule has 0 bridgehead atoms. The van der Waals surface area contributed by atoms with E-state index in [0.29, 0.717) is 28.6 Å². The van der Waals surface area contributed by atoms with E-state index in [1.165, 1.54) is 0 Å². The van der Waals surface area contributed by atoms with Crippen LogP contribution >= 0.6 is 0 Å². The lowest BCUT2D eigenvalue weighted by molar-refractivity contribution is -0.139. The standard InChI is InChI=1S/C30H35F3N8O2/c1-29(2,3)40-13-8-20(18-40)28(42)36-11-15-43-38-27(34-4)25-17-22-23(6-5-7-24(22)41(25)19-30(31,32)33)37-21-9-12-39-14-10-35-26(39)16-21/h5-8,10,13-14,17-18,21,37H,4,9,11-12,15-16,19H2,1-3H3,(H,36,42)/b38-27-. The molecular formula is C30H35F3N8O2. The number of carbonyl (C=O) groups is 1. The van der Waals surface area contributed by atoms with Crippen molar-refractivity contribution in [3.63, 3.8) is 0 Å². The third-order valence-corrected chi connectivity index (χ3v) is 7.33. The molecule has 4 heterocycles. The molecule has 0 radical (unpaired) electrons. The Kier molecular flexibility index (Phi) is 8.34. The van der Waals surface area contributed by atoms with E-state index in [1.807, 2.05) is 43.8 Å². The minimum atomic E-state index is -4.49. The van der Waals surface area contributed by atoms with Crippen LogP contribution in [0.2, 0.25) is 0 Å². The van der Waals surface area contributed by atoms with Crippen molar-refractivity contribution in [2.24, 2.45) is 10.1 Å². The van der Waals surface area contributed by atoms with Crippen LogP contribution in [0, 0.1) is 0 Å². The first kappa shape index (κ1) is 29.9. The Morgan fingerprint density at radius 1 is 1.21 bits per heavy atom. The van der Waals surface area contributed by atoms with E-state index in [0.717, 1.165) is 23.4 Å². The molecule has 0 saturated carbocycles. The first-order valence-electron chi connectivity index (χ1n) is 14.0. The summed E-state index contributed by atoms with van der Waals surface area (Å²) in [6.07, 6.45) is 4.37. The molecule has 1 unspecified atom stereocenters. The topological polar surface area (TPSA) is 103 Å². The van der Waals surface area contributed by atoms with Gasteiger partial charge in [0.2, 0.25) is 5.84 Å². The van der Waals surface area contributed by atoms with Crippen LogP contribution in [0.1, 0.15) is 49.1 Å². The number of aromatic nitrogens is 4. The Hall–Kier alpha value is -4.55. The zero-order valence-corrected chi connectivity index (χ0v) is 24.4. The number of rotatable bonds is 9. The maximum Gasteiger partial charge on any atom is 0.406 e. The number of hydrogen-bond acceptors (Lipinski definition) is 5. The molecule has 1 aromatic carbocycles. The van der Waals surface area contributed by atoms with Crippen LogP contribution in [0.3, 0.4) is 0 Å². The SMILES string of the molecule is C=N/C(=N\OCCNC(=O)c1ccn(C(C)(C)C)c1)c1cc2c(NC3CCn4ccnc4C3)cccc2n1CC(F)(F)F. The fraction of sp³-hybridized carbons (Fsp3) is 0.400. The van der Waals surface area contributed by atoms with Gasteiger partial charge in [-0.1, -0.05) is 11.2 Å². The number of nitrogens with one attached hydrogen (secondary N) is 2. The monoisotopic (exact) mass is 596 g/mol. The minimum Gasteiger partial charge on any atom is -0.392 e. The van der Waals surface area contributed by atoms with Gasteiger partial charge in [-0.2, -0.15) is 13.2 Å². The highest BCUT2D eigenvalue weighted by Gasteiger charge is 2.31. The number of aliphatic imine (C=N–C) groups is 1. The highest BCUT2D eigenvalue weighted by atomic mass is 19.4. The number of carbonyl (C=O) groups excluding carboxylic acids is 1. The lowest BCUT2D eigenvalue weighted by Crippen LogP contribution is -2.30. The van der Waals surface area contributed by atoms with Crippen LogP contribution in [0.5, 0.6) is 0 Å². The molecule has 1 aliphatic rings. The second-order valence-corrected chi connectivity index (χ2v) is 11.5. The fourth-order valence-electron chi connectivity index (χ4n) is 5.16. The van der Waals surface area contributed by atoms with Gasteiger partial charge in [0.1, 0.15) is 19.0 Å². The lowest BCUT2D eigenvalue weighted by Gasteiger charge is -2.25. The van der Waals surface area contributed by atoms with E-state index in [4.69, 9.17) is 4.84 Å². The van der Waals surface area contributed by atoms with Gasteiger partial charge in [-0.15, -0.1) is 0 Å². The van der Waals surface area contributed by atoms with E-state index in [9.17, 15) is 18.0 Å². The van der Waals surface area contributed by atoms with Gasteiger partial charge < -0.3 is 29.2 Å². The number of amides is 1. The molecule has 228 valence electrons. The smallest absolute Gasteiger partial charge is 0.392 e. The number of anilines is 1. The number of oxime groups is 1. The van der Waals surface area contributed by atoms with Gasteiger partial charge in [-0.3, -0.25) is 4.79 Å². The molecular weight excluding hydrogens is 561 g/mol. The Bertz CT molecular complexity index is 1640. The van der Waals surface area contributed by atoms with Gasteiger partial charge in [-0.25, -0.2) is 9.98 Å². The third kappa shape index (κ3) is 6.92. The number of hydrogen-bond donors (Lipinski definition) is 2. The number of aryl methyl sites for hydroxylation is 1. The summed E-state index contributed by atoms with van der Waals surface area (Å²) in [6.45, 7) is 9.29. The van der Waals surface area contributed by atoms with Gasteiger partial charge >= 0.3 is 6.18 Å². The highest BCUT2D eigenvalue weighted by Crippen LogP contribution is 2.32. The number of imidazole rings is 1. The predicted octanol–water partition coefficient (Wildman–Crippen LogP) is 5.19. The molecule has 2 N–H and O–H groups in total. The van der Waals surface area contributed by atoms with E-state index in [1.54, 1.807) is 36.7 Å². The molecule has 13 heteroatoms. The molecule has 0 fully saturated rings. The minimum absolute atomic E-state index is 0.0194. The van der Waals surface area contributed by atoms with Crippen molar-refractivity contribution in [1.82, 2.24) is 24.0 Å². The van der Waals surface area contributed by atoms with Gasteiger partial charge in [0.15, 0.2) is 0 Å². The second kappa shape index (κ2) is 12.0. The van der Waals surface area contributed by atoms with E-state index in [-0.39, 0.29) is 42.2 Å². The van der Waals surface area contributed by atoms with Crippen LogP contribution in [-0.4, -0.2) is 62.5 Å². The molecule has 43 heavy (non-hydrogen) atoms. The van der Waals surface area contributed by atoms with E-state index >= 15 is 0 Å². The predicted molar refractivity (Wildman–Crippen MR) is 160 cm³/mol. The molecule has 1 amide bonds. The van der Waals surface area contributed by atoms with Gasteiger partial charge in [0.25, 0.3) is 5.91 Å². The Morgan fingerprint density at radius 3 is 2.74 bits per heavy atom. The number of nitrogens with zero attached hydrogens (tertiary/aromatic N) is 6. The van der Waals surface area contributed by atoms with Gasteiger partial charge in [-0.05, 0) is 58.2 Å². The van der Waals surface area contributed by atoms with Gasteiger partial charge in [0, 0.05) is 60.4 Å². The Labute approximate surface area is 247 Å². The largest absolute Gasteiger partial charge is 0.406 e. The summed E-state index contributed by atoms with van der Waals surface area (Å²) in [4.78, 5) is 26.1. The molecule has 0 spiro atoms. The molecule has 3 aromatic heterocycles. The quantitative estimate of drug-likeness (QED) is 0.120. The van der Waals surface area contributed by atoms with Crippen LogP contribution in [0.25, 0.3) is 10.9 Å². The summed E-state index contributed by atoms with van der Waals surface area (Å²) in [5.74, 6) is 0.595. The van der Waals surface area contributed by atoms with Crippen LogP contribution in [-0.2, 0) is 29.9 Å². The van der Waals surface area contributed by atoms with Crippen molar-refractivity contribution in [3.8, 4) is 0 Å². The molecule has 5 rings (SSSR count). The molecule has 1 atom stereocenters. The first-order chi connectivity index (χ1) is 20.4. The first-order valence-corrected chi connectivity index (χ1v) is 14.0. The Balaban J connectivity index is 1.31. The molecule has 1 aliphatic heterocycles. The Morgan fingerprint density at radius 2 is 2.02 bits per heavy atom. The number of halogens is 3. The van der Waals surface area contributed by atoms with Gasteiger partial charge in [0.05, 0.1) is 23.3 Å². The van der Waals surface area contributed by atoms with Crippen molar-refractivity contribution >= 4 is 35.1 Å². The lowest BCUT2D eigenvalue weighted by atomic mass is 10.1.